The number of pyridine rings is 1. The summed E-state index contributed by atoms with van der Waals surface area (Å²) in [6.07, 6.45) is 1.65. The number of imidazole rings is 1. The number of hydrogen-bond acceptors (Lipinski definition) is 2. The van der Waals surface area contributed by atoms with Crippen LogP contribution in [0.4, 0.5) is 4.39 Å². The van der Waals surface area contributed by atoms with Crippen molar-refractivity contribution in [1.29, 1.82) is 0 Å². The number of benzene rings is 1. The van der Waals surface area contributed by atoms with E-state index in [2.05, 4.69) is 41.8 Å². The number of fused-ring (bicyclic) bond motifs is 1. The summed E-state index contributed by atoms with van der Waals surface area (Å²) in [6, 6.07) is 6.53. The molecule has 0 aliphatic carbocycles. The van der Waals surface area contributed by atoms with Crippen molar-refractivity contribution in [3.8, 4) is 5.69 Å². The SMILES string of the molecule is Fc1ccc(Br)cc1-n1c(CCl)nc2cc(Br)cnc21. The van der Waals surface area contributed by atoms with Crippen LogP contribution < -0.4 is 0 Å². The molecule has 0 bridgehead atoms. The lowest BCUT2D eigenvalue weighted by Gasteiger charge is -2.08. The van der Waals surface area contributed by atoms with Gasteiger partial charge in [-0.05, 0) is 40.2 Å². The highest BCUT2D eigenvalue weighted by Gasteiger charge is 2.16. The second-order valence-electron chi connectivity index (χ2n) is 4.09. The Bertz CT molecular complexity index is 804. The van der Waals surface area contributed by atoms with Crippen LogP contribution in [-0.2, 0) is 5.88 Å². The standard InChI is InChI=1S/C13H7Br2ClFN3/c14-7-1-2-9(17)11(4-7)20-12(5-16)19-10-3-8(15)6-18-13(10)20/h1-4,6H,5H2. The van der Waals surface area contributed by atoms with Crippen LogP contribution >= 0.6 is 43.5 Å². The average Bonchev–Trinajstić information content (AvgIpc) is 2.78. The lowest BCUT2D eigenvalue weighted by atomic mass is 10.3. The Hall–Kier alpha value is -0.980. The Balaban J connectivity index is 2.37. The van der Waals surface area contributed by atoms with Gasteiger partial charge in [0.1, 0.15) is 17.2 Å². The summed E-state index contributed by atoms with van der Waals surface area (Å²) in [4.78, 5) is 8.71. The van der Waals surface area contributed by atoms with Gasteiger partial charge in [-0.1, -0.05) is 15.9 Å². The topological polar surface area (TPSA) is 30.7 Å². The van der Waals surface area contributed by atoms with Crippen molar-refractivity contribution in [1.82, 2.24) is 14.5 Å². The first-order valence-corrected chi connectivity index (χ1v) is 7.76. The monoisotopic (exact) mass is 417 g/mol. The van der Waals surface area contributed by atoms with Crippen molar-refractivity contribution >= 4 is 54.6 Å². The maximum atomic E-state index is 14.1. The van der Waals surface area contributed by atoms with Gasteiger partial charge in [0.25, 0.3) is 0 Å². The first kappa shape index (κ1) is 14.0. The molecule has 3 aromatic rings. The lowest BCUT2D eigenvalue weighted by molar-refractivity contribution is 0.617. The van der Waals surface area contributed by atoms with Gasteiger partial charge in [0.05, 0.1) is 11.6 Å². The number of rotatable bonds is 2. The zero-order valence-corrected chi connectivity index (χ0v) is 13.9. The highest BCUT2D eigenvalue weighted by Crippen LogP contribution is 2.26. The smallest absolute Gasteiger partial charge is 0.164 e. The molecule has 2 aromatic heterocycles. The molecule has 3 nitrogen and oxygen atoms in total. The lowest BCUT2D eigenvalue weighted by Crippen LogP contribution is -2.03. The predicted molar refractivity (Wildman–Crippen MR) is 83.8 cm³/mol. The summed E-state index contributed by atoms with van der Waals surface area (Å²) < 4.78 is 17.3. The first-order valence-electron chi connectivity index (χ1n) is 5.64. The van der Waals surface area contributed by atoms with E-state index in [-0.39, 0.29) is 11.7 Å². The van der Waals surface area contributed by atoms with Crippen LogP contribution in [0.1, 0.15) is 5.82 Å². The third-order valence-electron chi connectivity index (χ3n) is 2.80. The molecule has 0 aliphatic heterocycles. The van der Waals surface area contributed by atoms with Crippen LogP contribution in [0.25, 0.3) is 16.9 Å². The molecule has 0 unspecified atom stereocenters. The van der Waals surface area contributed by atoms with Gasteiger partial charge >= 0.3 is 0 Å². The largest absolute Gasteiger partial charge is 0.277 e. The molecule has 102 valence electrons. The van der Waals surface area contributed by atoms with E-state index in [1.54, 1.807) is 22.9 Å². The van der Waals surface area contributed by atoms with Crippen molar-refractivity contribution in [2.45, 2.75) is 5.88 Å². The van der Waals surface area contributed by atoms with E-state index in [0.717, 1.165) is 8.95 Å². The molecule has 0 aliphatic rings. The van der Waals surface area contributed by atoms with E-state index >= 15 is 0 Å². The molecule has 0 saturated carbocycles. The van der Waals surface area contributed by atoms with Crippen LogP contribution in [0.15, 0.2) is 39.4 Å². The molecule has 0 radical (unpaired) electrons. The van der Waals surface area contributed by atoms with Crippen LogP contribution in [0.5, 0.6) is 0 Å². The van der Waals surface area contributed by atoms with Crippen LogP contribution in [0.2, 0.25) is 0 Å². The van der Waals surface area contributed by atoms with Crippen molar-refractivity contribution in [2.24, 2.45) is 0 Å². The van der Waals surface area contributed by atoms with E-state index in [9.17, 15) is 4.39 Å². The Morgan fingerprint density at radius 1 is 1.20 bits per heavy atom. The third kappa shape index (κ3) is 2.36. The van der Waals surface area contributed by atoms with Gasteiger partial charge in [-0.15, -0.1) is 11.6 Å². The van der Waals surface area contributed by atoms with Crippen LogP contribution in [0.3, 0.4) is 0 Å². The molecule has 1 aromatic carbocycles. The van der Waals surface area contributed by atoms with Crippen molar-refractivity contribution in [3.05, 3.63) is 51.0 Å². The van der Waals surface area contributed by atoms with Gasteiger partial charge in [0.15, 0.2) is 5.65 Å². The van der Waals surface area contributed by atoms with E-state index in [1.807, 2.05) is 6.07 Å². The second-order valence-corrected chi connectivity index (χ2v) is 6.19. The maximum Gasteiger partial charge on any atom is 0.164 e. The molecule has 20 heavy (non-hydrogen) atoms. The molecule has 7 heteroatoms. The summed E-state index contributed by atoms with van der Waals surface area (Å²) in [5.74, 6) is 0.354. The Morgan fingerprint density at radius 2 is 2.00 bits per heavy atom. The summed E-state index contributed by atoms with van der Waals surface area (Å²) in [7, 11) is 0. The van der Waals surface area contributed by atoms with Crippen molar-refractivity contribution in [2.75, 3.05) is 0 Å². The van der Waals surface area contributed by atoms with Crippen molar-refractivity contribution in [3.63, 3.8) is 0 Å². The molecule has 0 N–H and O–H groups in total. The maximum absolute atomic E-state index is 14.1. The van der Waals surface area contributed by atoms with Gasteiger partial charge in [0, 0.05) is 15.1 Å². The van der Waals surface area contributed by atoms with Gasteiger partial charge in [-0.3, -0.25) is 4.57 Å². The zero-order valence-electron chi connectivity index (χ0n) is 9.95. The first-order chi connectivity index (χ1) is 9.60. The average molecular weight is 419 g/mol. The molecule has 2 heterocycles. The fourth-order valence-electron chi connectivity index (χ4n) is 1.99. The second kappa shape index (κ2) is 5.42. The summed E-state index contributed by atoms with van der Waals surface area (Å²) in [6.45, 7) is 0. The molecule has 0 amide bonds. The predicted octanol–water partition coefficient (Wildman–Crippen LogP) is 4.82. The normalized spacial score (nSPS) is 11.2. The molecule has 0 spiro atoms. The van der Waals surface area contributed by atoms with E-state index in [1.165, 1.54) is 6.07 Å². The Morgan fingerprint density at radius 3 is 2.75 bits per heavy atom. The van der Waals surface area contributed by atoms with Crippen LogP contribution in [-0.4, -0.2) is 14.5 Å². The highest BCUT2D eigenvalue weighted by molar-refractivity contribution is 9.10. The minimum Gasteiger partial charge on any atom is -0.277 e. The van der Waals surface area contributed by atoms with E-state index in [0.29, 0.717) is 22.7 Å². The van der Waals surface area contributed by atoms with Gasteiger partial charge < -0.3 is 0 Å². The minimum atomic E-state index is -0.358. The highest BCUT2D eigenvalue weighted by atomic mass is 79.9. The fourth-order valence-corrected chi connectivity index (χ4v) is 2.83. The molecular weight excluding hydrogens is 412 g/mol. The van der Waals surface area contributed by atoms with E-state index in [4.69, 9.17) is 11.6 Å². The van der Waals surface area contributed by atoms with Gasteiger partial charge in [-0.2, -0.15) is 0 Å². The quantitative estimate of drug-likeness (QED) is 0.558. The summed E-state index contributed by atoms with van der Waals surface area (Å²) >= 11 is 12.6. The fraction of sp³-hybridized carbons (Fsp3) is 0.0769. The number of aromatic nitrogens is 3. The minimum absolute atomic E-state index is 0.167. The molecule has 0 atom stereocenters. The third-order valence-corrected chi connectivity index (χ3v) is 3.97. The van der Waals surface area contributed by atoms with Crippen LogP contribution in [0, 0.1) is 5.82 Å². The number of alkyl halides is 1. The molecular formula is C13H7Br2ClFN3. The molecule has 3 rings (SSSR count). The van der Waals surface area contributed by atoms with E-state index < -0.39 is 0 Å². The van der Waals surface area contributed by atoms with Gasteiger partial charge in [-0.25, -0.2) is 14.4 Å². The summed E-state index contributed by atoms with van der Waals surface area (Å²) in [5, 5.41) is 0. The zero-order chi connectivity index (χ0) is 14.3. The number of hydrogen-bond donors (Lipinski definition) is 0. The number of halogens is 4. The summed E-state index contributed by atoms with van der Waals surface area (Å²) in [5.41, 5.74) is 1.60. The molecule has 0 saturated heterocycles. The molecule has 0 fully saturated rings. The van der Waals surface area contributed by atoms with Crippen molar-refractivity contribution < 1.29 is 4.39 Å². The van der Waals surface area contributed by atoms with Gasteiger partial charge in [0.2, 0.25) is 0 Å². The Labute approximate surface area is 136 Å². The number of nitrogens with zero attached hydrogens (tertiary/aromatic N) is 3. The Kier molecular flexibility index (Phi) is 3.79.